The summed E-state index contributed by atoms with van der Waals surface area (Å²) in [6, 6.07) is 9.74. The van der Waals surface area contributed by atoms with Crippen LogP contribution >= 0.6 is 0 Å². The van der Waals surface area contributed by atoms with Crippen molar-refractivity contribution in [2.24, 2.45) is 0 Å². The highest BCUT2D eigenvalue weighted by Crippen LogP contribution is 2.28. The van der Waals surface area contributed by atoms with Gasteiger partial charge >= 0.3 is 0 Å². The predicted octanol–water partition coefficient (Wildman–Crippen LogP) is 1.69. The average Bonchev–Trinajstić information content (AvgIpc) is 3.03. The second-order valence-corrected chi connectivity index (χ2v) is 4.14. The number of anilines is 1. The Morgan fingerprint density at radius 3 is 2.63 bits per heavy atom. The highest BCUT2D eigenvalue weighted by molar-refractivity contribution is 6.52. The van der Waals surface area contributed by atoms with E-state index >= 15 is 0 Å². The molecule has 1 aromatic heterocycles. The first kappa shape index (κ1) is 11.4. The second kappa shape index (κ2) is 4.20. The summed E-state index contributed by atoms with van der Waals surface area (Å²) in [7, 11) is 0. The fourth-order valence-electron chi connectivity index (χ4n) is 2.06. The number of hydrogen-bond donors (Lipinski definition) is 0. The van der Waals surface area contributed by atoms with E-state index in [2.05, 4.69) is 0 Å². The van der Waals surface area contributed by atoms with E-state index in [-0.39, 0.29) is 18.1 Å². The first-order valence-corrected chi connectivity index (χ1v) is 5.70. The van der Waals surface area contributed by atoms with E-state index in [9.17, 15) is 14.4 Å². The zero-order chi connectivity index (χ0) is 13.4. The van der Waals surface area contributed by atoms with Gasteiger partial charge in [-0.15, -0.1) is 0 Å². The SMILES string of the molecule is O=C(CN1C(=O)C(=O)c2ccccc21)c1ccco1. The predicted molar refractivity (Wildman–Crippen MR) is 66.2 cm³/mol. The van der Waals surface area contributed by atoms with Gasteiger partial charge in [0.1, 0.15) is 0 Å². The van der Waals surface area contributed by atoms with Crippen molar-refractivity contribution in [3.63, 3.8) is 0 Å². The van der Waals surface area contributed by atoms with E-state index in [1.54, 1.807) is 30.3 Å². The minimum absolute atomic E-state index is 0.171. The summed E-state index contributed by atoms with van der Waals surface area (Å²) < 4.78 is 4.98. The molecule has 1 aromatic carbocycles. The number of hydrogen-bond acceptors (Lipinski definition) is 4. The Hall–Kier alpha value is -2.69. The van der Waals surface area contributed by atoms with Crippen LogP contribution in [0.2, 0.25) is 0 Å². The Labute approximate surface area is 108 Å². The van der Waals surface area contributed by atoms with Crippen LogP contribution < -0.4 is 4.90 Å². The molecule has 0 unspecified atom stereocenters. The molecule has 0 aliphatic carbocycles. The molecule has 1 aliphatic heterocycles. The summed E-state index contributed by atoms with van der Waals surface area (Å²) in [4.78, 5) is 36.7. The molecular formula is C14H9NO4. The molecule has 0 atom stereocenters. The van der Waals surface area contributed by atoms with E-state index in [4.69, 9.17) is 4.42 Å². The standard InChI is InChI=1S/C14H9NO4/c16-11(12-6-3-7-19-12)8-15-10-5-2-1-4-9(10)13(17)14(15)18/h1-7H,8H2. The lowest BCUT2D eigenvalue weighted by Crippen LogP contribution is -2.34. The summed E-state index contributed by atoms with van der Waals surface area (Å²) in [5.41, 5.74) is 0.803. The number of carbonyl (C=O) groups excluding carboxylic acids is 3. The first-order valence-electron chi connectivity index (χ1n) is 5.70. The van der Waals surface area contributed by atoms with Gasteiger partial charge in [0, 0.05) is 0 Å². The van der Waals surface area contributed by atoms with Crippen LogP contribution in [-0.2, 0) is 4.79 Å². The number of carbonyl (C=O) groups is 3. The molecule has 3 rings (SSSR count). The molecule has 0 fully saturated rings. The van der Waals surface area contributed by atoms with Gasteiger partial charge in [-0.25, -0.2) is 0 Å². The number of nitrogens with zero attached hydrogens (tertiary/aromatic N) is 1. The van der Waals surface area contributed by atoms with E-state index in [0.29, 0.717) is 11.3 Å². The number of benzene rings is 1. The summed E-state index contributed by atoms with van der Waals surface area (Å²) in [5, 5.41) is 0. The molecule has 5 heteroatoms. The van der Waals surface area contributed by atoms with Gasteiger partial charge in [0.25, 0.3) is 11.7 Å². The first-order chi connectivity index (χ1) is 9.18. The van der Waals surface area contributed by atoms with Crippen LogP contribution in [-0.4, -0.2) is 24.0 Å². The van der Waals surface area contributed by atoms with Crippen LogP contribution in [0.3, 0.4) is 0 Å². The molecule has 0 saturated carbocycles. The third-order valence-corrected chi connectivity index (χ3v) is 2.98. The van der Waals surface area contributed by atoms with Crippen LogP contribution in [0.1, 0.15) is 20.9 Å². The topological polar surface area (TPSA) is 67.6 Å². The minimum atomic E-state index is -0.680. The molecule has 0 saturated heterocycles. The molecule has 0 bridgehead atoms. The highest BCUT2D eigenvalue weighted by atomic mass is 16.3. The number of amides is 1. The number of Topliss-reactive ketones (excluding diaryl/α,β-unsaturated/α-hetero) is 2. The third kappa shape index (κ3) is 1.76. The van der Waals surface area contributed by atoms with Gasteiger partial charge < -0.3 is 4.42 Å². The van der Waals surface area contributed by atoms with Crippen LogP contribution in [0.5, 0.6) is 0 Å². The van der Waals surface area contributed by atoms with Crippen molar-refractivity contribution in [2.45, 2.75) is 0 Å². The van der Waals surface area contributed by atoms with Gasteiger partial charge in [-0.1, -0.05) is 12.1 Å². The lowest BCUT2D eigenvalue weighted by molar-refractivity contribution is -0.114. The molecule has 2 heterocycles. The second-order valence-electron chi connectivity index (χ2n) is 4.14. The van der Waals surface area contributed by atoms with Gasteiger partial charge in [0.15, 0.2) is 5.76 Å². The molecule has 0 spiro atoms. The summed E-state index contributed by atoms with van der Waals surface area (Å²) >= 11 is 0. The maximum absolute atomic E-state index is 11.9. The summed E-state index contributed by atoms with van der Waals surface area (Å²) in [6.07, 6.45) is 1.39. The Balaban J connectivity index is 1.92. The van der Waals surface area contributed by atoms with Crippen LogP contribution in [0.15, 0.2) is 47.1 Å². The van der Waals surface area contributed by atoms with E-state index in [1.165, 1.54) is 17.2 Å². The van der Waals surface area contributed by atoms with E-state index in [1.807, 2.05) is 0 Å². The van der Waals surface area contributed by atoms with Crippen LogP contribution in [0.25, 0.3) is 0 Å². The van der Waals surface area contributed by atoms with Crippen molar-refractivity contribution in [1.82, 2.24) is 0 Å². The maximum atomic E-state index is 11.9. The Bertz CT molecular complexity index is 673. The fourth-order valence-corrected chi connectivity index (χ4v) is 2.06. The van der Waals surface area contributed by atoms with Crippen molar-refractivity contribution < 1.29 is 18.8 Å². The zero-order valence-corrected chi connectivity index (χ0v) is 9.83. The third-order valence-electron chi connectivity index (χ3n) is 2.98. The zero-order valence-electron chi connectivity index (χ0n) is 9.83. The van der Waals surface area contributed by atoms with Gasteiger partial charge in [-0.05, 0) is 24.3 Å². The van der Waals surface area contributed by atoms with Crippen molar-refractivity contribution in [3.8, 4) is 0 Å². The van der Waals surface area contributed by atoms with E-state index < -0.39 is 11.7 Å². The largest absolute Gasteiger partial charge is 0.461 e. The van der Waals surface area contributed by atoms with Crippen LogP contribution in [0, 0.1) is 0 Å². The molecule has 19 heavy (non-hydrogen) atoms. The molecule has 0 N–H and O–H groups in total. The smallest absolute Gasteiger partial charge is 0.299 e. The molecule has 2 aromatic rings. The van der Waals surface area contributed by atoms with Crippen molar-refractivity contribution in [2.75, 3.05) is 11.4 Å². The van der Waals surface area contributed by atoms with Crippen molar-refractivity contribution in [1.29, 1.82) is 0 Å². The molecule has 0 radical (unpaired) electrons. The highest BCUT2D eigenvalue weighted by Gasteiger charge is 2.36. The number of para-hydroxylation sites is 1. The van der Waals surface area contributed by atoms with Gasteiger partial charge in [0.05, 0.1) is 24.1 Å². The number of fused-ring (bicyclic) bond motifs is 1. The Morgan fingerprint density at radius 1 is 1.11 bits per heavy atom. The summed E-state index contributed by atoms with van der Waals surface area (Å²) in [6.45, 7) is -0.199. The average molecular weight is 255 g/mol. The van der Waals surface area contributed by atoms with E-state index in [0.717, 1.165) is 0 Å². The minimum Gasteiger partial charge on any atom is -0.461 e. The fraction of sp³-hybridized carbons (Fsp3) is 0.0714. The lowest BCUT2D eigenvalue weighted by atomic mass is 10.1. The molecule has 5 nitrogen and oxygen atoms in total. The number of rotatable bonds is 3. The monoisotopic (exact) mass is 255 g/mol. The van der Waals surface area contributed by atoms with Gasteiger partial charge in [-0.2, -0.15) is 0 Å². The normalized spacial score (nSPS) is 13.8. The number of ketones is 2. The quantitative estimate of drug-likeness (QED) is 0.618. The van der Waals surface area contributed by atoms with Crippen LogP contribution in [0.4, 0.5) is 5.69 Å². The van der Waals surface area contributed by atoms with Crippen molar-refractivity contribution >= 4 is 23.2 Å². The Kier molecular flexibility index (Phi) is 2.52. The summed E-state index contributed by atoms with van der Waals surface area (Å²) in [5.74, 6) is -1.43. The van der Waals surface area contributed by atoms with Gasteiger partial charge in [-0.3, -0.25) is 19.3 Å². The Morgan fingerprint density at radius 2 is 1.89 bits per heavy atom. The molecular weight excluding hydrogens is 246 g/mol. The molecule has 1 aliphatic rings. The molecule has 1 amide bonds. The molecule has 94 valence electrons. The maximum Gasteiger partial charge on any atom is 0.299 e. The van der Waals surface area contributed by atoms with Gasteiger partial charge in [0.2, 0.25) is 5.78 Å². The number of furan rings is 1. The lowest BCUT2D eigenvalue weighted by Gasteiger charge is -2.14. The van der Waals surface area contributed by atoms with Crippen molar-refractivity contribution in [3.05, 3.63) is 54.0 Å².